The van der Waals surface area contributed by atoms with Gasteiger partial charge in [-0.1, -0.05) is 18.2 Å². The second-order valence-electron chi connectivity index (χ2n) is 7.18. The van der Waals surface area contributed by atoms with Crippen molar-refractivity contribution in [1.82, 2.24) is 10.2 Å². The van der Waals surface area contributed by atoms with Gasteiger partial charge in [-0.3, -0.25) is 9.69 Å². The highest BCUT2D eigenvalue weighted by atomic mass is 19.1. The molecule has 1 N–H and O–H groups in total. The predicted octanol–water partition coefficient (Wildman–Crippen LogP) is 3.22. The largest absolute Gasteiger partial charge is 0.497 e. The summed E-state index contributed by atoms with van der Waals surface area (Å²) in [5, 5.41) is 3.04. The van der Waals surface area contributed by atoms with Crippen molar-refractivity contribution in [2.45, 2.75) is 25.9 Å². The highest BCUT2D eigenvalue weighted by molar-refractivity contribution is 5.81. The van der Waals surface area contributed by atoms with Crippen LogP contribution < -0.4 is 15.0 Å². The topological polar surface area (TPSA) is 44.8 Å². The molecule has 0 aliphatic carbocycles. The van der Waals surface area contributed by atoms with Crippen LogP contribution in [0.1, 0.15) is 25.5 Å². The maximum absolute atomic E-state index is 13.1. The summed E-state index contributed by atoms with van der Waals surface area (Å²) in [4.78, 5) is 17.2. The molecule has 1 fully saturated rings. The van der Waals surface area contributed by atoms with E-state index < -0.39 is 0 Å². The van der Waals surface area contributed by atoms with Gasteiger partial charge in [-0.15, -0.1) is 0 Å². The van der Waals surface area contributed by atoms with E-state index in [1.54, 1.807) is 19.2 Å². The van der Waals surface area contributed by atoms with E-state index in [1.807, 2.05) is 32.0 Å². The Balaban J connectivity index is 1.53. The molecule has 150 valence electrons. The number of carbonyl (C=O) groups excluding carboxylic acids is 1. The van der Waals surface area contributed by atoms with Crippen LogP contribution in [0.4, 0.5) is 10.1 Å². The molecule has 0 saturated carbocycles. The number of piperazine rings is 1. The highest BCUT2D eigenvalue weighted by Crippen LogP contribution is 2.22. The molecule has 0 spiro atoms. The Kier molecular flexibility index (Phi) is 6.52. The summed E-state index contributed by atoms with van der Waals surface area (Å²) in [5.41, 5.74) is 2.03. The summed E-state index contributed by atoms with van der Waals surface area (Å²) in [7, 11) is 1.67. The Morgan fingerprint density at radius 2 is 1.75 bits per heavy atom. The number of rotatable bonds is 6. The lowest BCUT2D eigenvalue weighted by Gasteiger charge is -2.38. The zero-order valence-corrected chi connectivity index (χ0v) is 16.7. The molecule has 2 aromatic rings. The lowest BCUT2D eigenvalue weighted by molar-refractivity contribution is -0.126. The van der Waals surface area contributed by atoms with Crippen LogP contribution in [-0.2, 0) is 4.79 Å². The Morgan fingerprint density at radius 3 is 2.39 bits per heavy atom. The molecule has 1 aliphatic heterocycles. The van der Waals surface area contributed by atoms with Crippen LogP contribution in [0, 0.1) is 5.82 Å². The quantitative estimate of drug-likeness (QED) is 0.829. The van der Waals surface area contributed by atoms with E-state index in [9.17, 15) is 9.18 Å². The fourth-order valence-corrected chi connectivity index (χ4v) is 3.51. The number of hydrogen-bond donors (Lipinski definition) is 1. The van der Waals surface area contributed by atoms with Crippen LogP contribution in [0.3, 0.4) is 0 Å². The molecule has 2 unspecified atom stereocenters. The van der Waals surface area contributed by atoms with Crippen LogP contribution in [0.2, 0.25) is 0 Å². The first-order valence-corrected chi connectivity index (χ1v) is 9.67. The monoisotopic (exact) mass is 385 g/mol. The van der Waals surface area contributed by atoms with Crippen molar-refractivity contribution < 1.29 is 13.9 Å². The third kappa shape index (κ3) is 4.81. The summed E-state index contributed by atoms with van der Waals surface area (Å²) in [6.07, 6.45) is 0. The second-order valence-corrected chi connectivity index (χ2v) is 7.18. The first-order valence-electron chi connectivity index (χ1n) is 9.67. The molecule has 2 aromatic carbocycles. The SMILES string of the molecule is COc1cccc(N2CCN(C(C)C(=O)NC(C)c3ccc(F)cc3)CC2)c1. The molecule has 6 heteroatoms. The number of hydrogen-bond acceptors (Lipinski definition) is 4. The van der Waals surface area contributed by atoms with Gasteiger partial charge in [0.05, 0.1) is 19.2 Å². The van der Waals surface area contributed by atoms with Crippen molar-refractivity contribution >= 4 is 11.6 Å². The van der Waals surface area contributed by atoms with E-state index in [1.165, 1.54) is 12.1 Å². The lowest BCUT2D eigenvalue weighted by Crippen LogP contribution is -2.54. The zero-order valence-electron chi connectivity index (χ0n) is 16.7. The third-order valence-electron chi connectivity index (χ3n) is 5.39. The standard InChI is InChI=1S/C22H28FN3O2/c1-16(18-7-9-19(23)10-8-18)24-22(27)17(2)25-11-13-26(14-12-25)20-5-4-6-21(15-20)28-3/h4-10,15-17H,11-14H2,1-3H3,(H,24,27). The molecule has 1 amide bonds. The Morgan fingerprint density at radius 1 is 1.07 bits per heavy atom. The molecule has 1 aliphatic rings. The summed E-state index contributed by atoms with van der Waals surface area (Å²) in [6, 6.07) is 13.9. The van der Waals surface area contributed by atoms with Crippen LogP contribution in [-0.4, -0.2) is 50.1 Å². The number of carbonyl (C=O) groups is 1. The molecular formula is C22H28FN3O2. The van der Waals surface area contributed by atoms with Crippen LogP contribution >= 0.6 is 0 Å². The number of benzene rings is 2. The number of nitrogens with zero attached hydrogens (tertiary/aromatic N) is 2. The maximum atomic E-state index is 13.1. The van der Waals surface area contributed by atoms with Crippen molar-refractivity contribution in [3.63, 3.8) is 0 Å². The molecule has 5 nitrogen and oxygen atoms in total. The molecule has 0 aromatic heterocycles. The van der Waals surface area contributed by atoms with Gasteiger partial charge in [0, 0.05) is 37.9 Å². The van der Waals surface area contributed by atoms with Gasteiger partial charge >= 0.3 is 0 Å². The molecular weight excluding hydrogens is 357 g/mol. The van der Waals surface area contributed by atoms with Crippen LogP contribution in [0.5, 0.6) is 5.75 Å². The van der Waals surface area contributed by atoms with Crippen molar-refractivity contribution in [2.24, 2.45) is 0 Å². The van der Waals surface area contributed by atoms with Gasteiger partial charge in [0.15, 0.2) is 0 Å². The fraction of sp³-hybridized carbons (Fsp3) is 0.409. The summed E-state index contributed by atoms with van der Waals surface area (Å²) >= 11 is 0. The van der Waals surface area contributed by atoms with Crippen molar-refractivity contribution in [2.75, 3.05) is 38.2 Å². The first kappa shape index (κ1) is 20.1. The third-order valence-corrected chi connectivity index (χ3v) is 5.39. The highest BCUT2D eigenvalue weighted by Gasteiger charge is 2.26. The fourth-order valence-electron chi connectivity index (χ4n) is 3.51. The average molecular weight is 385 g/mol. The normalized spacial score (nSPS) is 17.1. The number of amides is 1. The molecule has 3 rings (SSSR count). The summed E-state index contributed by atoms with van der Waals surface area (Å²) in [5.74, 6) is 0.568. The van der Waals surface area contributed by atoms with E-state index in [0.717, 1.165) is 43.2 Å². The van der Waals surface area contributed by atoms with E-state index in [2.05, 4.69) is 21.2 Å². The van der Waals surface area contributed by atoms with E-state index in [0.29, 0.717) is 0 Å². The smallest absolute Gasteiger partial charge is 0.237 e. The second kappa shape index (κ2) is 9.06. The molecule has 1 heterocycles. The zero-order chi connectivity index (χ0) is 20.1. The first-order chi connectivity index (χ1) is 13.5. The van der Waals surface area contributed by atoms with E-state index >= 15 is 0 Å². The number of nitrogens with one attached hydrogen (secondary N) is 1. The van der Waals surface area contributed by atoms with Crippen LogP contribution in [0.25, 0.3) is 0 Å². The number of ether oxygens (including phenoxy) is 1. The predicted molar refractivity (Wildman–Crippen MR) is 109 cm³/mol. The minimum atomic E-state index is -0.274. The van der Waals surface area contributed by atoms with Gasteiger partial charge in [-0.25, -0.2) is 4.39 Å². The minimum absolute atomic E-state index is 0.00773. The lowest BCUT2D eigenvalue weighted by atomic mass is 10.1. The van der Waals surface area contributed by atoms with Crippen molar-refractivity contribution in [3.05, 3.63) is 59.9 Å². The molecule has 2 atom stereocenters. The number of anilines is 1. The Hall–Kier alpha value is -2.60. The average Bonchev–Trinajstić information content (AvgIpc) is 2.73. The van der Waals surface area contributed by atoms with Crippen LogP contribution in [0.15, 0.2) is 48.5 Å². The van der Waals surface area contributed by atoms with Gasteiger partial charge in [0.25, 0.3) is 0 Å². The van der Waals surface area contributed by atoms with Crippen molar-refractivity contribution in [3.8, 4) is 5.75 Å². The Bertz CT molecular complexity index is 789. The Labute approximate surface area is 166 Å². The van der Waals surface area contributed by atoms with Gasteiger partial charge < -0.3 is 15.0 Å². The van der Waals surface area contributed by atoms with Gasteiger partial charge in [-0.05, 0) is 43.7 Å². The molecule has 0 radical (unpaired) electrons. The minimum Gasteiger partial charge on any atom is -0.497 e. The van der Waals surface area contributed by atoms with Crippen molar-refractivity contribution in [1.29, 1.82) is 0 Å². The number of halogens is 1. The van der Waals surface area contributed by atoms with E-state index in [-0.39, 0.29) is 23.8 Å². The summed E-state index contributed by atoms with van der Waals surface area (Å²) in [6.45, 7) is 7.20. The molecule has 0 bridgehead atoms. The van der Waals surface area contributed by atoms with Gasteiger partial charge in [-0.2, -0.15) is 0 Å². The van der Waals surface area contributed by atoms with Gasteiger partial charge in [0.2, 0.25) is 5.91 Å². The summed E-state index contributed by atoms with van der Waals surface area (Å²) < 4.78 is 18.4. The molecule has 1 saturated heterocycles. The maximum Gasteiger partial charge on any atom is 0.237 e. The van der Waals surface area contributed by atoms with Gasteiger partial charge in [0.1, 0.15) is 11.6 Å². The number of methoxy groups -OCH3 is 1. The molecule has 28 heavy (non-hydrogen) atoms. The van der Waals surface area contributed by atoms with E-state index in [4.69, 9.17) is 4.74 Å².